The number of unbranched alkanes of at least 4 members (excludes halogenated alkanes) is 3. The second kappa shape index (κ2) is 22.5. The fourth-order valence-electron chi connectivity index (χ4n) is 5.52. The number of aliphatic hydroxyl groups is 2. The molecule has 0 spiro atoms. The van der Waals surface area contributed by atoms with Crippen LogP contribution in [0.1, 0.15) is 65.5 Å². The number of phosphoric ester groups is 3. The zero-order valence-electron chi connectivity index (χ0n) is 32.5. The third-order valence-corrected chi connectivity index (χ3v) is 13.0. The topological polar surface area (TPSA) is 387 Å². The lowest BCUT2D eigenvalue weighted by molar-refractivity contribution is -0.347. The van der Waals surface area contributed by atoms with E-state index in [1.807, 2.05) is 0 Å². The Bertz CT molecular complexity index is 1870. The molecule has 3 heterocycles. The molecule has 59 heavy (non-hydrogen) atoms. The average Bonchev–Trinajstić information content (AvgIpc) is 3.71. The van der Waals surface area contributed by atoms with Crippen LogP contribution in [0.3, 0.4) is 0 Å². The van der Waals surface area contributed by atoms with E-state index in [9.17, 15) is 57.9 Å². The van der Waals surface area contributed by atoms with Crippen LogP contribution < -0.4 is 41.3 Å². The van der Waals surface area contributed by atoms with Gasteiger partial charge in [0.25, 0.3) is 15.6 Å². The average molecular weight is 919 g/mol. The summed E-state index contributed by atoms with van der Waals surface area (Å²) in [6.07, 6.45) is -2.75. The van der Waals surface area contributed by atoms with Crippen LogP contribution in [0, 0.1) is 5.41 Å². The lowest BCUT2D eigenvalue weighted by Gasteiger charge is -2.36. The highest BCUT2D eigenvalue weighted by molar-refractivity contribution is 8.00. The van der Waals surface area contributed by atoms with Crippen LogP contribution in [0.25, 0.3) is 11.2 Å². The number of rotatable bonds is 26. The number of nitrogens with zero attached hydrogens (tertiary/aromatic N) is 4. The number of nitrogen functional groups attached to an aromatic ring is 1. The third-order valence-electron chi connectivity index (χ3n) is 8.65. The number of anilines is 1. The van der Waals surface area contributed by atoms with Crippen molar-refractivity contribution in [3.8, 4) is 0 Å². The summed E-state index contributed by atoms with van der Waals surface area (Å²) in [7, 11) is -16.0. The molecule has 0 radical (unpaired) electrons. The van der Waals surface area contributed by atoms with Crippen molar-refractivity contribution in [3.05, 3.63) is 12.7 Å². The molecule has 3 rings (SSSR count). The quantitative estimate of drug-likeness (QED) is 0.0427. The number of aliphatic hydroxyl groups excluding tert-OH is 2. The summed E-state index contributed by atoms with van der Waals surface area (Å²) in [4.78, 5) is 96.6. The molecule has 336 valence electrons. The zero-order chi connectivity index (χ0) is 44.2. The first-order valence-corrected chi connectivity index (χ1v) is 23.6. The van der Waals surface area contributed by atoms with E-state index in [2.05, 4.69) is 55.7 Å². The van der Waals surface area contributed by atoms with E-state index in [1.165, 1.54) is 25.6 Å². The summed E-state index contributed by atoms with van der Waals surface area (Å²) in [6.45, 7) is 2.30. The Labute approximate surface area is 343 Å². The highest BCUT2D eigenvalue weighted by Crippen LogP contribution is 2.56. The van der Waals surface area contributed by atoms with Crippen molar-refractivity contribution in [3.63, 3.8) is 0 Å². The Balaban J connectivity index is 1.47. The Morgan fingerprint density at radius 2 is 1.73 bits per heavy atom. The molecule has 8 unspecified atom stereocenters. The number of hydrogen-bond donors (Lipinski definition) is 6. The summed E-state index contributed by atoms with van der Waals surface area (Å²) in [5.74, 6) is -1.12. The number of aromatic nitrogens is 4. The first kappa shape index (κ1) is 50.7. The van der Waals surface area contributed by atoms with E-state index < -0.39 is 84.6 Å². The van der Waals surface area contributed by atoms with E-state index in [-0.39, 0.29) is 47.6 Å². The number of fused-ring (bicyclic) bond motifs is 1. The second-order valence-corrected chi connectivity index (χ2v) is 19.2. The first-order valence-electron chi connectivity index (χ1n) is 18.2. The van der Waals surface area contributed by atoms with Crippen LogP contribution in [-0.4, -0.2) is 116 Å². The van der Waals surface area contributed by atoms with Gasteiger partial charge < -0.3 is 74.3 Å². The van der Waals surface area contributed by atoms with Gasteiger partial charge in [0.2, 0.25) is 17.7 Å². The van der Waals surface area contributed by atoms with E-state index in [0.29, 0.717) is 12.2 Å². The summed E-state index contributed by atoms with van der Waals surface area (Å²) in [5, 5.41) is 28.8. The largest absolute Gasteiger partial charge is 0.790 e. The van der Waals surface area contributed by atoms with Gasteiger partial charge in [0.1, 0.15) is 36.3 Å². The van der Waals surface area contributed by atoms with Gasteiger partial charge in [0, 0.05) is 37.7 Å². The standard InChI is InChI=1S/C30H53N8O17P3S/c1-5-6-7-8-9-19(27(42)32-4)59-13-12-33-20(39)10-11-34-28(43)24(41)30(2,3)15-52-58(49,50)55-57(47,48)51-14-18-23(54-56(44,45)46)22(40)29(53-18)38-17-37-21-25(31)35-16-36-26(21)38/h16-19,22-24,29,40-41H,5-15H2,1-4H3,(H,32,42)(H,33,39)(H,34,43)(H,47,48)(H,49,50)(H2,31,35,36)(H2,44,45,46)/p-4. The Hall–Kier alpha value is -2.64. The Morgan fingerprint density at radius 1 is 1.03 bits per heavy atom. The first-order chi connectivity index (χ1) is 27.5. The van der Waals surface area contributed by atoms with Gasteiger partial charge in [-0.1, -0.05) is 46.5 Å². The zero-order valence-corrected chi connectivity index (χ0v) is 36.0. The number of imidazole rings is 1. The van der Waals surface area contributed by atoms with Crippen molar-refractivity contribution in [2.24, 2.45) is 5.41 Å². The van der Waals surface area contributed by atoms with Crippen LogP contribution >= 0.6 is 35.2 Å². The van der Waals surface area contributed by atoms with Crippen molar-refractivity contribution in [1.82, 2.24) is 35.5 Å². The molecule has 2 aromatic rings. The van der Waals surface area contributed by atoms with Gasteiger partial charge in [-0.15, -0.1) is 11.8 Å². The molecule has 1 fully saturated rings. The molecule has 0 aliphatic carbocycles. The van der Waals surface area contributed by atoms with Gasteiger partial charge in [-0.05, 0) is 6.42 Å². The number of thioether (sulfide) groups is 1. The summed E-state index contributed by atoms with van der Waals surface area (Å²) in [5.41, 5.74) is 4.08. The van der Waals surface area contributed by atoms with Crippen LogP contribution in [0.15, 0.2) is 12.7 Å². The van der Waals surface area contributed by atoms with E-state index in [1.54, 1.807) is 7.05 Å². The SMILES string of the molecule is CCCCCCC(SCCNC(=O)CCNC(=O)C(O)C(C)(C)COP(=O)([O-])OP(=O)([O-])OCC1OC(n2cnc3c(N)ncnc32)C(O)C1OP(=O)([O-])[O-])C(=O)NC. The van der Waals surface area contributed by atoms with Gasteiger partial charge in [-0.3, -0.25) is 28.1 Å². The highest BCUT2D eigenvalue weighted by atomic mass is 32.2. The minimum absolute atomic E-state index is 0.0200. The predicted octanol–water partition coefficient (Wildman–Crippen LogP) is -2.30. The molecule has 8 atom stereocenters. The smallest absolute Gasteiger partial charge is 0.274 e. The number of phosphoric acid groups is 3. The van der Waals surface area contributed by atoms with E-state index >= 15 is 0 Å². The number of nitrogens with two attached hydrogens (primary N) is 1. The molecule has 7 N–H and O–H groups in total. The normalized spacial score (nSPS) is 21.7. The fraction of sp³-hybridized carbons (Fsp3) is 0.733. The molecule has 25 nitrogen and oxygen atoms in total. The Morgan fingerprint density at radius 3 is 2.39 bits per heavy atom. The number of amides is 3. The lowest BCUT2D eigenvalue weighted by Crippen LogP contribution is -2.46. The summed E-state index contributed by atoms with van der Waals surface area (Å²) in [6, 6.07) is 0. The molecule has 3 amide bonds. The van der Waals surface area contributed by atoms with Crippen LogP contribution in [0.4, 0.5) is 5.82 Å². The van der Waals surface area contributed by atoms with Gasteiger partial charge in [0.15, 0.2) is 17.7 Å². The minimum Gasteiger partial charge on any atom is -0.790 e. The second-order valence-electron chi connectivity index (χ2n) is 13.8. The van der Waals surface area contributed by atoms with Crippen LogP contribution in [0.5, 0.6) is 0 Å². The summed E-state index contributed by atoms with van der Waals surface area (Å²) < 4.78 is 60.7. The van der Waals surface area contributed by atoms with Gasteiger partial charge in [-0.25, -0.2) is 19.3 Å². The number of carbonyl (C=O) groups excluding carboxylic acids is 3. The molecule has 0 bridgehead atoms. The van der Waals surface area contributed by atoms with Crippen molar-refractivity contribution < 1.29 is 80.5 Å². The summed E-state index contributed by atoms with van der Waals surface area (Å²) >= 11 is 1.42. The van der Waals surface area contributed by atoms with Gasteiger partial charge in [0.05, 0.1) is 32.6 Å². The molecule has 1 saturated heterocycles. The molecule has 29 heteroatoms. The van der Waals surface area contributed by atoms with Crippen molar-refractivity contribution in [1.29, 1.82) is 0 Å². The third kappa shape index (κ3) is 16.0. The molecule has 1 aliphatic heterocycles. The van der Waals surface area contributed by atoms with Crippen molar-refractivity contribution >= 4 is 69.9 Å². The number of carbonyl (C=O) groups is 3. The Kier molecular flexibility index (Phi) is 19.3. The number of ether oxygens (including phenoxy) is 1. The molecule has 2 aromatic heterocycles. The predicted molar refractivity (Wildman–Crippen MR) is 200 cm³/mol. The molecule has 0 saturated carbocycles. The molecular formula is C30H49N8O17P3S-4. The number of hydrogen-bond acceptors (Lipinski definition) is 22. The maximum Gasteiger partial charge on any atom is 0.274 e. The van der Waals surface area contributed by atoms with Gasteiger partial charge >= 0.3 is 0 Å². The van der Waals surface area contributed by atoms with Crippen LogP contribution in [0.2, 0.25) is 0 Å². The molecule has 1 aliphatic rings. The minimum atomic E-state index is -5.92. The maximum absolute atomic E-state index is 12.6. The van der Waals surface area contributed by atoms with E-state index in [0.717, 1.165) is 42.9 Å². The fourth-order valence-corrected chi connectivity index (χ4v) is 9.36. The lowest BCUT2D eigenvalue weighted by atomic mass is 9.87. The number of nitrogens with one attached hydrogen (secondary N) is 3. The monoisotopic (exact) mass is 918 g/mol. The highest BCUT2D eigenvalue weighted by Gasteiger charge is 2.47. The van der Waals surface area contributed by atoms with Crippen molar-refractivity contribution in [2.45, 2.75) is 95.2 Å². The maximum atomic E-state index is 12.6. The molecule has 0 aromatic carbocycles. The molecular weight excluding hydrogens is 869 g/mol. The van der Waals surface area contributed by atoms with Crippen molar-refractivity contribution in [2.75, 3.05) is 44.8 Å². The van der Waals surface area contributed by atoms with Gasteiger partial charge in [-0.2, -0.15) is 0 Å². The van der Waals surface area contributed by atoms with Crippen LogP contribution in [-0.2, 0) is 50.7 Å². The van der Waals surface area contributed by atoms with E-state index in [4.69, 9.17) is 10.5 Å².